The van der Waals surface area contributed by atoms with Crippen molar-refractivity contribution in [2.75, 3.05) is 13.7 Å². The standard InChI is InChI=1S/C12H13FN2O2/c1-17-6-5-15-8-9(7-14-15)10-3-2-4-11(13)12(10)16/h2-4,7-8,16H,5-6H2,1H3. The Morgan fingerprint density at radius 3 is 3.06 bits per heavy atom. The molecule has 0 aliphatic carbocycles. The third kappa shape index (κ3) is 2.45. The lowest BCUT2D eigenvalue weighted by atomic mass is 10.1. The van der Waals surface area contributed by atoms with Crippen molar-refractivity contribution in [3.8, 4) is 16.9 Å². The zero-order valence-corrected chi connectivity index (χ0v) is 9.43. The van der Waals surface area contributed by atoms with E-state index in [0.717, 1.165) is 0 Å². The molecule has 2 rings (SSSR count). The Balaban J connectivity index is 2.27. The number of para-hydroxylation sites is 1. The molecule has 0 spiro atoms. The van der Waals surface area contributed by atoms with Gasteiger partial charge in [0.2, 0.25) is 0 Å². The first-order valence-corrected chi connectivity index (χ1v) is 5.21. The Hall–Kier alpha value is -1.88. The van der Waals surface area contributed by atoms with E-state index in [-0.39, 0.29) is 5.75 Å². The van der Waals surface area contributed by atoms with Crippen molar-refractivity contribution in [1.29, 1.82) is 0 Å². The molecule has 5 heteroatoms. The smallest absolute Gasteiger partial charge is 0.165 e. The number of nitrogens with zero attached hydrogens (tertiary/aromatic N) is 2. The molecule has 0 saturated heterocycles. The third-order valence-corrected chi connectivity index (χ3v) is 2.46. The number of rotatable bonds is 4. The lowest BCUT2D eigenvalue weighted by molar-refractivity contribution is 0.183. The summed E-state index contributed by atoms with van der Waals surface area (Å²) in [5, 5.41) is 13.7. The van der Waals surface area contributed by atoms with Crippen LogP contribution in [0.2, 0.25) is 0 Å². The monoisotopic (exact) mass is 236 g/mol. The van der Waals surface area contributed by atoms with E-state index in [1.165, 1.54) is 6.07 Å². The van der Waals surface area contributed by atoms with Gasteiger partial charge in [-0.2, -0.15) is 5.10 Å². The van der Waals surface area contributed by atoms with E-state index in [1.54, 1.807) is 36.3 Å². The minimum Gasteiger partial charge on any atom is -0.504 e. The number of hydrogen-bond acceptors (Lipinski definition) is 3. The van der Waals surface area contributed by atoms with Crippen LogP contribution in [0.4, 0.5) is 4.39 Å². The van der Waals surface area contributed by atoms with Gasteiger partial charge in [-0.15, -0.1) is 0 Å². The number of aromatic hydroxyl groups is 1. The van der Waals surface area contributed by atoms with Crippen LogP contribution in [0.5, 0.6) is 5.75 Å². The summed E-state index contributed by atoms with van der Waals surface area (Å²) < 4.78 is 19.8. The van der Waals surface area contributed by atoms with Crippen molar-refractivity contribution >= 4 is 0 Å². The number of aromatic nitrogens is 2. The molecule has 0 aliphatic heterocycles. The average Bonchev–Trinajstić information content (AvgIpc) is 2.78. The van der Waals surface area contributed by atoms with Crippen LogP contribution in [0.1, 0.15) is 0 Å². The Morgan fingerprint density at radius 1 is 1.47 bits per heavy atom. The van der Waals surface area contributed by atoms with Gasteiger partial charge in [0.1, 0.15) is 0 Å². The number of halogens is 1. The van der Waals surface area contributed by atoms with E-state index >= 15 is 0 Å². The zero-order valence-electron chi connectivity index (χ0n) is 9.43. The van der Waals surface area contributed by atoms with Crippen LogP contribution >= 0.6 is 0 Å². The molecule has 0 bridgehead atoms. The molecule has 4 nitrogen and oxygen atoms in total. The van der Waals surface area contributed by atoms with E-state index < -0.39 is 5.82 Å². The third-order valence-electron chi connectivity index (χ3n) is 2.46. The number of hydrogen-bond donors (Lipinski definition) is 1. The van der Waals surface area contributed by atoms with Gasteiger partial charge in [-0.1, -0.05) is 12.1 Å². The lowest BCUT2D eigenvalue weighted by Crippen LogP contribution is -2.03. The molecule has 1 N–H and O–H groups in total. The number of ether oxygens (including phenoxy) is 1. The summed E-state index contributed by atoms with van der Waals surface area (Å²) in [7, 11) is 1.61. The lowest BCUT2D eigenvalue weighted by Gasteiger charge is -2.02. The van der Waals surface area contributed by atoms with Gasteiger partial charge in [0.15, 0.2) is 11.6 Å². The van der Waals surface area contributed by atoms with Gasteiger partial charge in [0, 0.05) is 24.4 Å². The SMILES string of the molecule is COCCn1cc(-c2cccc(F)c2O)cn1. The highest BCUT2D eigenvalue weighted by Gasteiger charge is 2.10. The summed E-state index contributed by atoms with van der Waals surface area (Å²) in [6.45, 7) is 1.17. The van der Waals surface area contributed by atoms with E-state index in [2.05, 4.69) is 5.10 Å². The fourth-order valence-electron chi connectivity index (χ4n) is 1.56. The molecule has 0 unspecified atom stereocenters. The summed E-state index contributed by atoms with van der Waals surface area (Å²) in [4.78, 5) is 0. The van der Waals surface area contributed by atoms with Crippen LogP contribution < -0.4 is 0 Å². The first kappa shape index (κ1) is 11.6. The van der Waals surface area contributed by atoms with Crippen molar-refractivity contribution < 1.29 is 14.2 Å². The van der Waals surface area contributed by atoms with E-state index in [9.17, 15) is 9.50 Å². The maximum absolute atomic E-state index is 13.2. The van der Waals surface area contributed by atoms with Crippen LogP contribution in [-0.2, 0) is 11.3 Å². The molecule has 0 saturated carbocycles. The predicted molar refractivity (Wildman–Crippen MR) is 61.2 cm³/mol. The normalized spacial score (nSPS) is 10.7. The van der Waals surface area contributed by atoms with Gasteiger partial charge in [0.05, 0.1) is 19.3 Å². The minimum atomic E-state index is -0.632. The molecule has 0 aliphatic rings. The number of phenolic OH excluding ortho intramolecular Hbond substituents is 1. The Kier molecular flexibility index (Phi) is 3.39. The first-order valence-electron chi connectivity index (χ1n) is 5.21. The highest BCUT2D eigenvalue weighted by molar-refractivity contribution is 5.68. The van der Waals surface area contributed by atoms with Crippen LogP contribution in [-0.4, -0.2) is 28.6 Å². The molecule has 1 aromatic heterocycles. The van der Waals surface area contributed by atoms with Crippen LogP contribution in [0, 0.1) is 5.82 Å². The van der Waals surface area contributed by atoms with Crippen LogP contribution in [0.3, 0.4) is 0 Å². The summed E-state index contributed by atoms with van der Waals surface area (Å²) in [6.07, 6.45) is 3.33. The second kappa shape index (κ2) is 4.97. The molecule has 17 heavy (non-hydrogen) atoms. The molecule has 0 fully saturated rings. The first-order chi connectivity index (χ1) is 8.22. The van der Waals surface area contributed by atoms with Crippen LogP contribution in [0.15, 0.2) is 30.6 Å². The highest BCUT2D eigenvalue weighted by Crippen LogP contribution is 2.30. The maximum atomic E-state index is 13.2. The van der Waals surface area contributed by atoms with E-state index in [4.69, 9.17) is 4.74 Å². The molecular weight excluding hydrogens is 223 g/mol. The Labute approximate surface area is 98.3 Å². The van der Waals surface area contributed by atoms with Crippen molar-refractivity contribution in [3.05, 3.63) is 36.4 Å². The molecule has 0 atom stereocenters. The van der Waals surface area contributed by atoms with E-state index in [0.29, 0.717) is 24.3 Å². The summed E-state index contributed by atoms with van der Waals surface area (Å²) in [5.41, 5.74) is 1.12. The summed E-state index contributed by atoms with van der Waals surface area (Å²) >= 11 is 0. The van der Waals surface area contributed by atoms with Crippen molar-refractivity contribution in [2.24, 2.45) is 0 Å². The molecule has 0 amide bonds. The summed E-state index contributed by atoms with van der Waals surface area (Å²) in [5.74, 6) is -0.981. The maximum Gasteiger partial charge on any atom is 0.165 e. The molecule has 1 aromatic carbocycles. The highest BCUT2D eigenvalue weighted by atomic mass is 19.1. The Morgan fingerprint density at radius 2 is 2.29 bits per heavy atom. The summed E-state index contributed by atoms with van der Waals surface area (Å²) in [6, 6.07) is 4.42. The molecule has 2 aromatic rings. The average molecular weight is 236 g/mol. The zero-order chi connectivity index (χ0) is 12.3. The second-order valence-electron chi connectivity index (χ2n) is 3.62. The number of methoxy groups -OCH3 is 1. The fourth-order valence-corrected chi connectivity index (χ4v) is 1.56. The Bertz CT molecular complexity index is 511. The van der Waals surface area contributed by atoms with E-state index in [1.807, 2.05) is 0 Å². The van der Waals surface area contributed by atoms with Gasteiger partial charge in [-0.25, -0.2) is 4.39 Å². The van der Waals surface area contributed by atoms with Gasteiger partial charge < -0.3 is 9.84 Å². The van der Waals surface area contributed by atoms with Crippen molar-refractivity contribution in [3.63, 3.8) is 0 Å². The van der Waals surface area contributed by atoms with Crippen LogP contribution in [0.25, 0.3) is 11.1 Å². The van der Waals surface area contributed by atoms with Crippen molar-refractivity contribution in [2.45, 2.75) is 6.54 Å². The fraction of sp³-hybridized carbons (Fsp3) is 0.250. The molecule has 0 radical (unpaired) electrons. The van der Waals surface area contributed by atoms with Crippen molar-refractivity contribution in [1.82, 2.24) is 9.78 Å². The minimum absolute atomic E-state index is 0.348. The topological polar surface area (TPSA) is 47.3 Å². The van der Waals surface area contributed by atoms with Gasteiger partial charge in [-0.3, -0.25) is 4.68 Å². The molecule has 90 valence electrons. The van der Waals surface area contributed by atoms with Gasteiger partial charge in [0.25, 0.3) is 0 Å². The largest absolute Gasteiger partial charge is 0.504 e. The van der Waals surface area contributed by atoms with Gasteiger partial charge >= 0.3 is 0 Å². The quantitative estimate of drug-likeness (QED) is 0.883. The number of benzene rings is 1. The number of phenols is 1. The second-order valence-corrected chi connectivity index (χ2v) is 3.62. The molecule has 1 heterocycles. The predicted octanol–water partition coefficient (Wildman–Crippen LogP) is 2.04. The molecular formula is C12H13FN2O2. The van der Waals surface area contributed by atoms with Gasteiger partial charge in [-0.05, 0) is 6.07 Å².